The van der Waals surface area contributed by atoms with Crippen molar-refractivity contribution in [2.75, 3.05) is 14.1 Å². The van der Waals surface area contributed by atoms with Gasteiger partial charge >= 0.3 is 50.1 Å². The van der Waals surface area contributed by atoms with Crippen molar-refractivity contribution in [3.8, 4) is 0 Å². The van der Waals surface area contributed by atoms with Crippen LogP contribution in [0.25, 0.3) is 0 Å². The van der Waals surface area contributed by atoms with Gasteiger partial charge in [-0.2, -0.15) is 13.2 Å². The molecule has 0 aromatic carbocycles. The van der Waals surface area contributed by atoms with Gasteiger partial charge in [0.15, 0.2) is 10.1 Å². The molecule has 4 nitrogen and oxygen atoms in total. The molecule has 0 aliphatic rings. The second kappa shape index (κ2) is 6.39. The normalized spacial score (nSPS) is 11.4. The van der Waals surface area contributed by atoms with Crippen LogP contribution in [-0.4, -0.2) is 57.2 Å². The van der Waals surface area contributed by atoms with Gasteiger partial charge in [0.25, 0.3) is 0 Å². The Bertz CT molecular complexity index is 281. The summed E-state index contributed by atoms with van der Waals surface area (Å²) in [6.07, 6.45) is 0. The zero-order chi connectivity index (χ0) is 12.0. The molecule has 0 N–H and O–H groups in total. The minimum absolute atomic E-state index is 0.698. The van der Waals surface area contributed by atoms with E-state index < -0.39 is 15.6 Å². The van der Waals surface area contributed by atoms with E-state index in [2.05, 4.69) is 15.5 Å². The van der Waals surface area contributed by atoms with Crippen molar-refractivity contribution in [3.63, 3.8) is 0 Å². The van der Waals surface area contributed by atoms with Gasteiger partial charge in [-0.15, -0.1) is 0 Å². The quantitative estimate of drug-likeness (QED) is 0.227. The van der Waals surface area contributed by atoms with Crippen LogP contribution in [0.5, 0.6) is 0 Å². The van der Waals surface area contributed by atoms with E-state index in [0.717, 1.165) is 0 Å². The Morgan fingerprint density at radius 2 is 1.64 bits per heavy atom. The third kappa shape index (κ3) is 9.97. The molecular weight excluding hydrogens is 290 g/mol. The fraction of sp³-hybridized carbons (Fsp3) is 0.800. The molecule has 0 saturated heterocycles. The van der Waals surface area contributed by atoms with Crippen LogP contribution < -0.4 is 0 Å². The number of rotatable bonds is 1. The predicted molar refractivity (Wildman–Crippen MR) is 45.5 cm³/mol. The van der Waals surface area contributed by atoms with E-state index in [1.165, 1.54) is 0 Å². The number of alkyl halides is 3. The maximum absolute atomic E-state index is 10.7. The summed E-state index contributed by atoms with van der Waals surface area (Å²) in [5.74, 6) is 2.19. The topological polar surface area (TPSA) is 60.2 Å². The van der Waals surface area contributed by atoms with Gasteiger partial charge in [-0.05, 0) is 0 Å². The Hall–Kier alpha value is -0.111. The number of hydrogen-bond donors (Lipinski definition) is 0. The van der Waals surface area contributed by atoms with Crippen LogP contribution in [0, 0.1) is 0 Å². The van der Waals surface area contributed by atoms with Crippen molar-refractivity contribution in [2.24, 2.45) is 0 Å². The first-order chi connectivity index (χ1) is 6.02. The average Bonchev–Trinajstić information content (AvgIpc) is 1.82. The fourth-order valence-corrected chi connectivity index (χ4v) is 1.10. The van der Waals surface area contributed by atoms with E-state index in [1.807, 2.05) is 14.1 Å². The second-order valence-corrected chi connectivity index (χ2v) is 5.01. The molecule has 0 spiro atoms. The van der Waals surface area contributed by atoms with Gasteiger partial charge in [0, 0.05) is 0 Å². The molecule has 0 rings (SSSR count). The van der Waals surface area contributed by atoms with Gasteiger partial charge in [0.05, 0.1) is 0 Å². The Morgan fingerprint density at radius 3 is 1.64 bits per heavy atom. The summed E-state index contributed by atoms with van der Waals surface area (Å²) in [6, 6.07) is 0. The summed E-state index contributed by atoms with van der Waals surface area (Å²) in [5, 5.41) is 2.19. The maximum atomic E-state index is 10.7. The molecule has 0 heterocycles. The smallest absolute Gasteiger partial charge is 0.485 e. The van der Waals surface area contributed by atoms with Crippen molar-refractivity contribution in [1.82, 2.24) is 0 Å². The largest absolute Gasteiger partial charge is 0.741 e. The Labute approximate surface area is 86.7 Å². The average molecular weight is 300 g/mol. The molecule has 0 bridgehead atoms. The Morgan fingerprint density at radius 1 is 1.36 bits per heavy atom. The summed E-state index contributed by atoms with van der Waals surface area (Å²) < 4.78 is 61.0. The first kappa shape index (κ1) is 16.3. The molecule has 0 amide bonds. The van der Waals surface area contributed by atoms with Crippen LogP contribution in [0.4, 0.5) is 13.2 Å². The van der Waals surface area contributed by atoms with Crippen molar-refractivity contribution >= 4 is 30.2 Å². The fourth-order valence-electron chi connectivity index (χ4n) is 0.211. The molecule has 14 heavy (non-hydrogen) atoms. The second-order valence-electron chi connectivity index (χ2n) is 2.20. The molecule has 0 aromatic rings. The van der Waals surface area contributed by atoms with Crippen LogP contribution >= 0.6 is 0 Å². The minimum atomic E-state index is -6.09. The van der Waals surface area contributed by atoms with Crippen molar-refractivity contribution in [3.05, 3.63) is 0 Å². The molecule has 0 aliphatic heterocycles. The first-order valence-electron chi connectivity index (χ1n) is 3.07. The number of hydrogen-bond acceptors (Lipinski definition) is 3. The summed E-state index contributed by atoms with van der Waals surface area (Å²) in [7, 11) is -2.00. The summed E-state index contributed by atoms with van der Waals surface area (Å²) >= 11 is 0.698. The molecule has 0 unspecified atom stereocenters. The van der Waals surface area contributed by atoms with Gasteiger partial charge in [0.2, 0.25) is 0 Å². The summed E-state index contributed by atoms with van der Waals surface area (Å²) in [4.78, 5) is 0. The van der Waals surface area contributed by atoms with Crippen LogP contribution in [0.2, 0.25) is 5.82 Å². The van der Waals surface area contributed by atoms with Crippen LogP contribution in [0.1, 0.15) is 0 Å². The molecular formula is C5H10F3NO3SSe. The SMILES string of the molecule is C[Se]C=[N+](C)C.O=S(=O)([O-])C(F)(F)F. The molecule has 0 aliphatic carbocycles. The summed E-state index contributed by atoms with van der Waals surface area (Å²) in [6.45, 7) is 0. The molecule has 0 aromatic heterocycles. The molecule has 0 atom stereocenters. The maximum Gasteiger partial charge on any atom is 0.485 e. The van der Waals surface area contributed by atoms with E-state index in [-0.39, 0.29) is 0 Å². The van der Waals surface area contributed by atoms with Crippen molar-refractivity contribution in [1.29, 1.82) is 0 Å². The Kier molecular flexibility index (Phi) is 7.45. The van der Waals surface area contributed by atoms with Crippen molar-refractivity contribution in [2.45, 2.75) is 11.3 Å². The van der Waals surface area contributed by atoms with Crippen LogP contribution in [0.15, 0.2) is 0 Å². The zero-order valence-corrected chi connectivity index (χ0v) is 10.2. The zero-order valence-electron chi connectivity index (χ0n) is 7.70. The van der Waals surface area contributed by atoms with E-state index >= 15 is 0 Å². The van der Waals surface area contributed by atoms with Gasteiger partial charge in [-0.25, -0.2) is 8.42 Å². The van der Waals surface area contributed by atoms with Gasteiger partial charge in [-0.3, -0.25) is 0 Å². The molecule has 9 heteroatoms. The van der Waals surface area contributed by atoms with E-state index in [1.54, 1.807) is 0 Å². The first-order valence-corrected chi connectivity index (χ1v) is 7.18. The molecule has 0 saturated carbocycles. The molecule has 86 valence electrons. The minimum Gasteiger partial charge on any atom is -0.741 e. The number of halogens is 3. The molecule has 0 fully saturated rings. The Balaban J connectivity index is 0. The van der Waals surface area contributed by atoms with Crippen LogP contribution in [0.3, 0.4) is 0 Å². The van der Waals surface area contributed by atoms with E-state index in [4.69, 9.17) is 13.0 Å². The third-order valence-electron chi connectivity index (χ3n) is 0.600. The standard InChI is InChI=1S/C4H10NSe.CHF3O3S/c1-5(2)4-6-3;2-1(3,4)8(5,6)7/h4H,1-3H3;(H,5,6,7)/q+1;/p-1. The molecule has 0 radical (unpaired) electrons. The third-order valence-corrected chi connectivity index (χ3v) is 2.49. The van der Waals surface area contributed by atoms with Gasteiger partial charge < -0.3 is 4.55 Å². The predicted octanol–water partition coefficient (Wildman–Crippen LogP) is 0.0905. The van der Waals surface area contributed by atoms with E-state index in [9.17, 15) is 13.2 Å². The van der Waals surface area contributed by atoms with Gasteiger partial charge in [0.1, 0.15) is 0 Å². The van der Waals surface area contributed by atoms with Crippen LogP contribution in [-0.2, 0) is 10.1 Å². The number of nitrogens with zero attached hydrogens (tertiary/aromatic N) is 1. The van der Waals surface area contributed by atoms with Crippen molar-refractivity contribution < 1.29 is 30.7 Å². The monoisotopic (exact) mass is 301 g/mol. The van der Waals surface area contributed by atoms with E-state index in [0.29, 0.717) is 15.0 Å². The van der Waals surface area contributed by atoms with Gasteiger partial charge in [-0.1, -0.05) is 0 Å². The summed E-state index contributed by atoms with van der Waals surface area (Å²) in [5.41, 5.74) is -5.65.